The number of thioether (sulfide) groups is 1. The van der Waals surface area contributed by atoms with Crippen molar-refractivity contribution < 1.29 is 4.74 Å². The molecule has 2 rings (SSSR count). The Kier molecular flexibility index (Phi) is 5.66. The van der Waals surface area contributed by atoms with E-state index in [2.05, 4.69) is 10.9 Å². The van der Waals surface area contributed by atoms with Gasteiger partial charge >= 0.3 is 11.4 Å². The second-order valence-electron chi connectivity index (χ2n) is 4.62. The van der Waals surface area contributed by atoms with E-state index in [1.807, 2.05) is 31.2 Å². The van der Waals surface area contributed by atoms with Gasteiger partial charge in [0, 0.05) is 0 Å². The average Bonchev–Trinajstić information content (AvgIpc) is 2.56. The third kappa shape index (κ3) is 3.85. The van der Waals surface area contributed by atoms with Gasteiger partial charge in [-0.15, -0.1) is 6.42 Å². The Labute approximate surface area is 138 Å². The Balaban J connectivity index is 2.49. The summed E-state index contributed by atoms with van der Waals surface area (Å²) in [5.41, 5.74) is -0.164. The number of nitrogens with zero attached hydrogens (tertiary/aromatic N) is 3. The monoisotopic (exact) mass is 331 g/mol. The number of benzene rings is 1. The lowest BCUT2D eigenvalue weighted by molar-refractivity contribution is 0.414. The Morgan fingerprint density at radius 2 is 1.96 bits per heavy atom. The van der Waals surface area contributed by atoms with Crippen LogP contribution in [0.2, 0.25) is 0 Å². The predicted molar refractivity (Wildman–Crippen MR) is 90.1 cm³/mol. The van der Waals surface area contributed by atoms with Crippen LogP contribution in [0.15, 0.2) is 39.0 Å². The van der Waals surface area contributed by atoms with Crippen molar-refractivity contribution in [3.63, 3.8) is 0 Å². The molecule has 0 aliphatic heterocycles. The fraction of sp³-hybridized carbons (Fsp3) is 0.312. The minimum atomic E-state index is -0.616. The van der Waals surface area contributed by atoms with Crippen LogP contribution in [0, 0.1) is 12.3 Å². The molecule has 120 valence electrons. The van der Waals surface area contributed by atoms with Crippen molar-refractivity contribution in [3.05, 3.63) is 50.8 Å². The van der Waals surface area contributed by atoms with Crippen LogP contribution in [0.3, 0.4) is 0 Å². The van der Waals surface area contributed by atoms with Crippen LogP contribution in [0.1, 0.15) is 12.5 Å². The number of methoxy groups -OCH3 is 1. The summed E-state index contributed by atoms with van der Waals surface area (Å²) < 4.78 is 7.55. The minimum absolute atomic E-state index is 0.0929. The number of ether oxygens (including phenoxy) is 1. The lowest BCUT2D eigenvalue weighted by Gasteiger charge is -2.13. The van der Waals surface area contributed by atoms with E-state index in [0.29, 0.717) is 17.5 Å². The van der Waals surface area contributed by atoms with Crippen LogP contribution in [0.4, 0.5) is 0 Å². The summed E-state index contributed by atoms with van der Waals surface area (Å²) in [5, 5.41) is 0.395. The summed E-state index contributed by atoms with van der Waals surface area (Å²) in [7, 11) is 1.59. The Morgan fingerprint density at radius 3 is 2.52 bits per heavy atom. The second-order valence-corrected chi connectivity index (χ2v) is 5.85. The normalized spacial score (nSPS) is 10.3. The van der Waals surface area contributed by atoms with Crippen LogP contribution in [-0.4, -0.2) is 27.0 Å². The number of hydrogen-bond acceptors (Lipinski definition) is 5. The average molecular weight is 331 g/mol. The van der Waals surface area contributed by atoms with Gasteiger partial charge in [0.05, 0.1) is 20.2 Å². The first-order valence-corrected chi connectivity index (χ1v) is 8.00. The molecule has 23 heavy (non-hydrogen) atoms. The lowest BCUT2D eigenvalue weighted by atomic mass is 10.2. The summed E-state index contributed by atoms with van der Waals surface area (Å²) in [6, 6.07) is 7.36. The van der Waals surface area contributed by atoms with Crippen LogP contribution in [0.5, 0.6) is 5.75 Å². The quantitative estimate of drug-likeness (QED) is 0.588. The molecule has 0 amide bonds. The highest BCUT2D eigenvalue weighted by atomic mass is 32.2. The van der Waals surface area contributed by atoms with E-state index < -0.39 is 11.4 Å². The van der Waals surface area contributed by atoms with E-state index in [-0.39, 0.29) is 6.54 Å². The van der Waals surface area contributed by atoms with Crippen LogP contribution in [-0.2, 0) is 13.1 Å². The topological polar surface area (TPSA) is 66.1 Å². The van der Waals surface area contributed by atoms with E-state index in [1.54, 1.807) is 7.11 Å². The molecule has 1 heterocycles. The zero-order valence-corrected chi connectivity index (χ0v) is 13.8. The molecular weight excluding hydrogens is 314 g/mol. The van der Waals surface area contributed by atoms with Gasteiger partial charge in [0.25, 0.3) is 0 Å². The largest absolute Gasteiger partial charge is 0.497 e. The number of hydrogen-bond donors (Lipinski definition) is 0. The van der Waals surface area contributed by atoms with Gasteiger partial charge < -0.3 is 4.74 Å². The number of rotatable bonds is 6. The Bertz CT molecular complexity index is 832. The first kappa shape index (κ1) is 16.9. The molecule has 2 aromatic rings. The Hall–Kier alpha value is -2.46. The molecule has 0 fully saturated rings. The van der Waals surface area contributed by atoms with E-state index >= 15 is 0 Å². The first-order chi connectivity index (χ1) is 11.1. The molecule has 1 aromatic heterocycles. The number of terminal acetylenes is 1. The van der Waals surface area contributed by atoms with Crippen molar-refractivity contribution >= 4 is 11.8 Å². The SMILES string of the molecule is C#CCn1c(=O)nc(SCC)n(Cc2ccc(OC)cc2)c1=O. The van der Waals surface area contributed by atoms with Gasteiger partial charge in [0.2, 0.25) is 0 Å². The van der Waals surface area contributed by atoms with Crippen LogP contribution >= 0.6 is 11.8 Å². The van der Waals surface area contributed by atoms with Crippen LogP contribution < -0.4 is 16.1 Å². The Morgan fingerprint density at radius 1 is 1.26 bits per heavy atom. The van der Waals surface area contributed by atoms with Gasteiger partial charge in [-0.05, 0) is 23.4 Å². The van der Waals surface area contributed by atoms with Crippen molar-refractivity contribution in [1.82, 2.24) is 14.1 Å². The molecule has 0 atom stereocenters. The van der Waals surface area contributed by atoms with E-state index in [9.17, 15) is 9.59 Å². The van der Waals surface area contributed by atoms with E-state index in [1.165, 1.54) is 16.3 Å². The molecule has 0 spiro atoms. The molecule has 0 bridgehead atoms. The summed E-state index contributed by atoms with van der Waals surface area (Å²) in [5.74, 6) is 3.75. The molecule has 0 aliphatic rings. The van der Waals surface area contributed by atoms with Gasteiger partial charge in [-0.3, -0.25) is 4.57 Å². The second kappa shape index (κ2) is 7.70. The summed E-state index contributed by atoms with van der Waals surface area (Å²) >= 11 is 1.35. The maximum absolute atomic E-state index is 12.6. The van der Waals surface area contributed by atoms with Crippen molar-refractivity contribution in [2.24, 2.45) is 0 Å². The van der Waals surface area contributed by atoms with Gasteiger partial charge in [-0.2, -0.15) is 4.98 Å². The summed E-state index contributed by atoms with van der Waals surface area (Å²) in [4.78, 5) is 28.5. The molecule has 6 nitrogen and oxygen atoms in total. The van der Waals surface area contributed by atoms with Gasteiger partial charge in [0.15, 0.2) is 5.16 Å². The van der Waals surface area contributed by atoms with E-state index in [0.717, 1.165) is 15.9 Å². The van der Waals surface area contributed by atoms with Gasteiger partial charge in [-0.25, -0.2) is 14.2 Å². The minimum Gasteiger partial charge on any atom is -0.497 e. The third-order valence-corrected chi connectivity index (χ3v) is 4.00. The maximum Gasteiger partial charge on any atom is 0.354 e. The van der Waals surface area contributed by atoms with Gasteiger partial charge in [0.1, 0.15) is 5.75 Å². The van der Waals surface area contributed by atoms with Crippen molar-refractivity contribution in [3.8, 4) is 18.1 Å². The molecule has 0 aliphatic carbocycles. The molecular formula is C16H17N3O3S. The first-order valence-electron chi connectivity index (χ1n) is 7.01. The maximum atomic E-state index is 12.6. The molecule has 0 radical (unpaired) electrons. The predicted octanol–water partition coefficient (Wildman–Crippen LogP) is 1.21. The fourth-order valence-electron chi connectivity index (χ4n) is 2.03. The summed E-state index contributed by atoms with van der Waals surface area (Å²) in [6.07, 6.45) is 5.22. The third-order valence-electron chi connectivity index (χ3n) is 3.14. The zero-order chi connectivity index (χ0) is 16.8. The molecule has 0 unspecified atom stereocenters. The highest BCUT2D eigenvalue weighted by molar-refractivity contribution is 7.99. The van der Waals surface area contributed by atoms with Crippen molar-refractivity contribution in [2.75, 3.05) is 12.9 Å². The van der Waals surface area contributed by atoms with Crippen LogP contribution in [0.25, 0.3) is 0 Å². The van der Waals surface area contributed by atoms with Crippen molar-refractivity contribution in [1.29, 1.82) is 0 Å². The van der Waals surface area contributed by atoms with Gasteiger partial charge in [-0.1, -0.05) is 36.7 Å². The highest BCUT2D eigenvalue weighted by Crippen LogP contribution is 2.15. The highest BCUT2D eigenvalue weighted by Gasteiger charge is 2.13. The smallest absolute Gasteiger partial charge is 0.354 e. The fourth-order valence-corrected chi connectivity index (χ4v) is 2.73. The molecule has 1 aromatic carbocycles. The number of aromatic nitrogens is 3. The molecule has 0 saturated heterocycles. The molecule has 0 N–H and O–H groups in total. The summed E-state index contributed by atoms with van der Waals surface area (Å²) in [6.45, 7) is 2.15. The molecule has 0 saturated carbocycles. The van der Waals surface area contributed by atoms with E-state index in [4.69, 9.17) is 11.2 Å². The zero-order valence-electron chi connectivity index (χ0n) is 13.0. The standard InChI is InChI=1S/C16H17N3O3S/c1-4-10-18-14(20)17-15(23-5-2)19(16(18)21)11-12-6-8-13(22-3)9-7-12/h1,6-9H,5,10-11H2,2-3H3. The molecule has 7 heteroatoms. The lowest BCUT2D eigenvalue weighted by Crippen LogP contribution is -2.42. The van der Waals surface area contributed by atoms with Crippen molar-refractivity contribution in [2.45, 2.75) is 25.2 Å².